The van der Waals surface area contributed by atoms with Crippen molar-refractivity contribution in [3.8, 4) is 0 Å². The van der Waals surface area contributed by atoms with Gasteiger partial charge in [-0.15, -0.1) is 0 Å². The predicted molar refractivity (Wildman–Crippen MR) is 104 cm³/mol. The minimum absolute atomic E-state index is 0. The summed E-state index contributed by atoms with van der Waals surface area (Å²) in [6.45, 7) is 12.3. The normalized spacial score (nSPS) is 10.6. The average Bonchev–Trinajstić information content (AvgIpc) is 2.55. The molecule has 0 saturated carbocycles. The summed E-state index contributed by atoms with van der Waals surface area (Å²) in [6.07, 6.45) is 6.95. The van der Waals surface area contributed by atoms with Gasteiger partial charge in [-0.1, -0.05) is 20.8 Å². The van der Waals surface area contributed by atoms with Crippen molar-refractivity contribution >= 4 is 29.3 Å². The van der Waals surface area contributed by atoms with Crippen LogP contribution in [0.3, 0.4) is 0 Å². The Morgan fingerprint density at radius 3 is 1.58 bits per heavy atom. The maximum Gasteiger partial charge on any atom is 2.00 e. The Labute approximate surface area is 180 Å². The van der Waals surface area contributed by atoms with Crippen molar-refractivity contribution in [2.45, 2.75) is 47.6 Å². The van der Waals surface area contributed by atoms with Gasteiger partial charge in [0.25, 0.3) is 0 Å². The minimum atomic E-state index is -0.416. The number of halogens is 1. The number of aromatic nitrogens is 2. The molecule has 0 aliphatic carbocycles. The smallest absolute Gasteiger partial charge is 1.00 e. The first kappa shape index (κ1) is 29.7. The molecule has 0 radical (unpaired) electrons. The summed E-state index contributed by atoms with van der Waals surface area (Å²) in [5.41, 5.74) is 1.49. The van der Waals surface area contributed by atoms with Gasteiger partial charge in [-0.3, -0.25) is 14.8 Å². The molecule has 0 spiro atoms. The number of aliphatic hydroxyl groups excluding tert-OH is 1. The van der Waals surface area contributed by atoms with E-state index in [1.165, 1.54) is 5.92 Å². The zero-order chi connectivity index (χ0) is 18.6. The van der Waals surface area contributed by atoms with E-state index in [-0.39, 0.29) is 40.9 Å². The zero-order valence-corrected chi connectivity index (χ0v) is 18.8. The van der Waals surface area contributed by atoms with Crippen molar-refractivity contribution in [1.82, 2.24) is 9.97 Å². The molecule has 0 amide bonds. The summed E-state index contributed by atoms with van der Waals surface area (Å²) in [4.78, 5) is 17.6. The largest absolute Gasteiger partial charge is 2.00 e. The van der Waals surface area contributed by atoms with Crippen LogP contribution in [0.2, 0.25) is 0 Å². The quantitative estimate of drug-likeness (QED) is 0.478. The van der Waals surface area contributed by atoms with E-state index in [0.717, 1.165) is 11.8 Å². The van der Waals surface area contributed by atoms with E-state index < -0.39 is 6.10 Å². The Kier molecular flexibility index (Phi) is 18.5. The molecule has 0 saturated heterocycles. The first-order valence-corrected chi connectivity index (χ1v) is 7.88. The van der Waals surface area contributed by atoms with Crippen LogP contribution in [-0.2, 0) is 0 Å². The van der Waals surface area contributed by atoms with Crippen LogP contribution in [0.25, 0.3) is 0 Å². The monoisotopic (exact) mass is 388 g/mol. The summed E-state index contributed by atoms with van der Waals surface area (Å²) in [5, 5.41) is 9.83. The molecule has 6 heteroatoms. The van der Waals surface area contributed by atoms with Crippen LogP contribution in [0.1, 0.15) is 63.6 Å². The fraction of sp³-hybridized carbons (Fsp3) is 0.400. The maximum atomic E-state index is 9.98. The summed E-state index contributed by atoms with van der Waals surface area (Å²) in [5.74, 6) is 1.42. The summed E-state index contributed by atoms with van der Waals surface area (Å²) in [7, 11) is 0. The second-order valence-electron chi connectivity index (χ2n) is 6.95. The second kappa shape index (κ2) is 16.2. The Balaban J connectivity index is -0.000000331. The number of pyridine rings is 2. The fourth-order valence-electron chi connectivity index (χ4n) is 1.49. The number of carbonyl (C=O) groups excluding carboxylic acids is 1. The van der Waals surface area contributed by atoms with Gasteiger partial charge in [0.1, 0.15) is 6.29 Å². The van der Waals surface area contributed by atoms with E-state index in [9.17, 15) is 9.90 Å². The number of hydrogen-bond donors (Lipinski definition) is 1. The molecule has 4 nitrogen and oxygen atoms in total. The number of hydrogen-bond acceptors (Lipinski definition) is 4. The van der Waals surface area contributed by atoms with Crippen LogP contribution in [0.15, 0.2) is 49.1 Å². The van der Waals surface area contributed by atoms with E-state index in [0.29, 0.717) is 5.56 Å². The van der Waals surface area contributed by atoms with Gasteiger partial charge in [-0.25, -0.2) is 0 Å². The van der Waals surface area contributed by atoms with Gasteiger partial charge < -0.3 is 23.4 Å². The van der Waals surface area contributed by atoms with Gasteiger partial charge in [0, 0.05) is 30.4 Å². The SMILES string of the molecule is CC(C)(C)C(O)c1ccncc1.C[C-](C)C.O=Cc1ccncc1.[Cl-].[Mg+2]. The van der Waals surface area contributed by atoms with E-state index in [4.69, 9.17) is 0 Å². The average molecular weight is 389 g/mol. The number of aliphatic hydroxyl groups is 1. The van der Waals surface area contributed by atoms with Gasteiger partial charge in [-0.05, 0) is 35.2 Å². The molecular formula is C20H29ClMgN2O2. The van der Waals surface area contributed by atoms with E-state index in [1.807, 2.05) is 32.9 Å². The third kappa shape index (κ3) is 15.3. The summed E-state index contributed by atoms with van der Waals surface area (Å²) < 4.78 is 0. The summed E-state index contributed by atoms with van der Waals surface area (Å²) in [6, 6.07) is 7.01. The van der Waals surface area contributed by atoms with Crippen molar-refractivity contribution in [2.75, 3.05) is 0 Å². The molecule has 26 heavy (non-hydrogen) atoms. The Morgan fingerprint density at radius 2 is 1.31 bits per heavy atom. The Bertz CT molecular complexity index is 558. The third-order valence-corrected chi connectivity index (χ3v) is 2.68. The molecule has 140 valence electrons. The zero-order valence-electron chi connectivity index (χ0n) is 16.6. The molecule has 1 unspecified atom stereocenters. The van der Waals surface area contributed by atoms with Crippen molar-refractivity contribution in [2.24, 2.45) is 5.41 Å². The molecule has 2 rings (SSSR count). The number of aldehydes is 1. The maximum absolute atomic E-state index is 9.98. The molecule has 2 heterocycles. The molecule has 0 aliphatic heterocycles. The first-order chi connectivity index (χ1) is 11.2. The van der Waals surface area contributed by atoms with Crippen LogP contribution in [0, 0.1) is 11.3 Å². The van der Waals surface area contributed by atoms with Gasteiger partial charge in [0.05, 0.1) is 6.10 Å². The van der Waals surface area contributed by atoms with Crippen LogP contribution in [0.4, 0.5) is 0 Å². The first-order valence-electron chi connectivity index (χ1n) is 7.88. The number of carbonyl (C=O) groups is 1. The molecule has 0 aliphatic rings. The Morgan fingerprint density at radius 1 is 0.962 bits per heavy atom. The van der Waals surface area contributed by atoms with Crippen molar-refractivity contribution in [3.63, 3.8) is 0 Å². The van der Waals surface area contributed by atoms with E-state index in [2.05, 4.69) is 30.7 Å². The number of nitrogens with zero attached hydrogens (tertiary/aromatic N) is 2. The minimum Gasteiger partial charge on any atom is -1.00 e. The molecule has 2 aromatic rings. The molecule has 0 fully saturated rings. The van der Waals surface area contributed by atoms with Crippen molar-refractivity contribution in [3.05, 3.63) is 66.1 Å². The summed E-state index contributed by atoms with van der Waals surface area (Å²) >= 11 is 0. The molecule has 0 bridgehead atoms. The van der Waals surface area contributed by atoms with E-state index >= 15 is 0 Å². The van der Waals surface area contributed by atoms with Crippen LogP contribution in [0.5, 0.6) is 0 Å². The molecule has 0 aromatic carbocycles. The molecule has 1 atom stereocenters. The second-order valence-corrected chi connectivity index (χ2v) is 6.95. The van der Waals surface area contributed by atoms with Gasteiger partial charge in [0.15, 0.2) is 0 Å². The van der Waals surface area contributed by atoms with Gasteiger partial charge >= 0.3 is 23.1 Å². The number of rotatable bonds is 2. The van der Waals surface area contributed by atoms with Crippen LogP contribution >= 0.6 is 0 Å². The fourth-order valence-corrected chi connectivity index (χ4v) is 1.49. The molecule has 2 aromatic heterocycles. The van der Waals surface area contributed by atoms with Gasteiger partial charge in [-0.2, -0.15) is 20.8 Å². The van der Waals surface area contributed by atoms with Crippen LogP contribution in [-0.4, -0.2) is 44.4 Å². The Hall–Kier alpha value is -1.01. The van der Waals surface area contributed by atoms with Gasteiger partial charge in [0.2, 0.25) is 0 Å². The van der Waals surface area contributed by atoms with Crippen molar-refractivity contribution in [1.29, 1.82) is 0 Å². The van der Waals surface area contributed by atoms with Crippen molar-refractivity contribution < 1.29 is 22.3 Å². The van der Waals surface area contributed by atoms with E-state index in [1.54, 1.807) is 36.9 Å². The molecular weight excluding hydrogens is 360 g/mol. The predicted octanol–water partition coefficient (Wildman–Crippen LogP) is 1.30. The third-order valence-electron chi connectivity index (χ3n) is 2.68. The molecule has 1 N–H and O–H groups in total. The van der Waals surface area contributed by atoms with Crippen LogP contribution < -0.4 is 12.4 Å². The topological polar surface area (TPSA) is 63.1 Å². The standard InChI is InChI=1S/C10H15NO.C6H5NO.C4H9.ClH.Mg/c1-10(2,3)9(12)8-4-6-11-7-5-8;8-5-6-1-3-7-4-2-6;1-4(2)3;;/h4-7,9,12H,1-3H3;1-5H;1-3H3;1H;/q;;-1;;+2/p-1.